The summed E-state index contributed by atoms with van der Waals surface area (Å²) in [6.45, 7) is 11.7. The molecular formula is C31H40N4O7S+2. The van der Waals surface area contributed by atoms with Gasteiger partial charge in [-0.15, -0.1) is 0 Å². The summed E-state index contributed by atoms with van der Waals surface area (Å²) in [7, 11) is -3.97. The number of piperazine rings is 3. The summed E-state index contributed by atoms with van der Waals surface area (Å²) in [6.07, 6.45) is -0.0979. The van der Waals surface area contributed by atoms with E-state index in [1.54, 1.807) is 12.1 Å². The molecule has 2 aromatic carbocycles. The van der Waals surface area contributed by atoms with Crippen molar-refractivity contribution in [3.63, 3.8) is 0 Å². The fraction of sp³-hybridized carbons (Fsp3) is 0.548. The van der Waals surface area contributed by atoms with E-state index in [2.05, 4.69) is 0 Å². The minimum atomic E-state index is -3.97. The van der Waals surface area contributed by atoms with Crippen molar-refractivity contribution in [2.24, 2.45) is 11.8 Å². The third-order valence-corrected chi connectivity index (χ3v) is 13.0. The third-order valence-electron chi connectivity index (χ3n) is 11.2. The van der Waals surface area contributed by atoms with Gasteiger partial charge in [-0.05, 0) is 30.0 Å². The number of anilines is 1. The van der Waals surface area contributed by atoms with Gasteiger partial charge in [-0.2, -0.15) is 0 Å². The van der Waals surface area contributed by atoms with Gasteiger partial charge >= 0.3 is 5.97 Å². The first-order chi connectivity index (χ1) is 20.4. The van der Waals surface area contributed by atoms with Crippen LogP contribution in [0.2, 0.25) is 0 Å². The molecule has 8 rings (SSSR count). The normalized spacial score (nSPS) is 32.8. The van der Waals surface area contributed by atoms with Gasteiger partial charge in [0.2, 0.25) is 5.91 Å². The molecule has 0 saturated carbocycles. The number of aliphatic carboxylic acids is 1. The van der Waals surface area contributed by atoms with Crippen molar-refractivity contribution in [3.05, 3.63) is 47.2 Å². The number of carboxylic acid groups (broad SMARTS) is 1. The highest BCUT2D eigenvalue weighted by molar-refractivity contribution is 7.93. The number of rotatable bonds is 9. The highest BCUT2D eigenvalue weighted by Gasteiger charge is 2.60. The Labute approximate surface area is 251 Å². The molecule has 11 nitrogen and oxygen atoms in total. The first-order valence-corrected chi connectivity index (χ1v) is 16.7. The number of aliphatic hydroxyl groups is 2. The van der Waals surface area contributed by atoms with E-state index in [9.17, 15) is 33.3 Å². The molecule has 0 aliphatic carbocycles. The molecule has 2 aromatic rings. The number of nitrogens with zero attached hydrogens (tertiary/aromatic N) is 4. The van der Waals surface area contributed by atoms with Crippen molar-refractivity contribution in [2.45, 2.75) is 43.9 Å². The predicted octanol–water partition coefficient (Wildman–Crippen LogP) is 1.09. The summed E-state index contributed by atoms with van der Waals surface area (Å²) in [6, 6.07) is 8.78. The number of benzene rings is 2. The predicted molar refractivity (Wildman–Crippen MR) is 158 cm³/mol. The summed E-state index contributed by atoms with van der Waals surface area (Å²) in [5.41, 5.74) is 1.86. The van der Waals surface area contributed by atoms with E-state index < -0.39 is 45.9 Å². The van der Waals surface area contributed by atoms with E-state index in [1.165, 1.54) is 16.1 Å². The Hall–Kier alpha value is -3.03. The molecule has 12 heteroatoms. The molecule has 4 fully saturated rings. The van der Waals surface area contributed by atoms with E-state index >= 15 is 0 Å². The number of carboxylic acids is 1. The molecule has 6 aliphatic heterocycles. The topological polar surface area (TPSA) is 135 Å². The molecular weight excluding hydrogens is 572 g/mol. The van der Waals surface area contributed by atoms with Gasteiger partial charge in [0, 0.05) is 29.9 Å². The van der Waals surface area contributed by atoms with E-state index in [-0.39, 0.29) is 23.7 Å². The Balaban J connectivity index is 1.22. The van der Waals surface area contributed by atoms with Crippen molar-refractivity contribution in [1.29, 1.82) is 0 Å². The van der Waals surface area contributed by atoms with Gasteiger partial charge in [-0.3, -0.25) is 9.10 Å². The van der Waals surface area contributed by atoms with Crippen molar-refractivity contribution >= 4 is 38.4 Å². The van der Waals surface area contributed by atoms with Crippen LogP contribution in [0.25, 0.3) is 10.8 Å². The Morgan fingerprint density at radius 2 is 1.74 bits per heavy atom. The summed E-state index contributed by atoms with van der Waals surface area (Å²) in [5, 5.41) is 31.2. The van der Waals surface area contributed by atoms with Gasteiger partial charge in [0.25, 0.3) is 10.0 Å². The zero-order valence-electron chi connectivity index (χ0n) is 24.6. The van der Waals surface area contributed by atoms with Crippen LogP contribution in [0.1, 0.15) is 25.8 Å². The second-order valence-corrected chi connectivity index (χ2v) is 15.2. The van der Waals surface area contributed by atoms with Crippen molar-refractivity contribution in [2.75, 3.05) is 63.3 Å². The number of quaternary nitrogens is 2. The fourth-order valence-corrected chi connectivity index (χ4v) is 10.4. The molecule has 6 heterocycles. The second kappa shape index (κ2) is 9.73. The van der Waals surface area contributed by atoms with Crippen LogP contribution in [0.3, 0.4) is 0 Å². The highest BCUT2D eigenvalue weighted by Crippen LogP contribution is 2.50. The van der Waals surface area contributed by atoms with Gasteiger partial charge in [0.15, 0.2) is 0 Å². The molecule has 0 aromatic heterocycles. The number of carbonyl (C=O) groups is 2. The lowest BCUT2D eigenvalue weighted by atomic mass is 9.78. The summed E-state index contributed by atoms with van der Waals surface area (Å²) in [5.74, 6) is -2.84. The van der Waals surface area contributed by atoms with Crippen LogP contribution >= 0.6 is 0 Å². The quantitative estimate of drug-likeness (QED) is 0.285. The third kappa shape index (κ3) is 4.03. The van der Waals surface area contributed by atoms with Crippen LogP contribution in [-0.4, -0.2) is 121 Å². The standard InChI is InChI=1S/C31H39N4O7S/c1-19-23(29(31(39)40)33-28(19)26(20(2)37)30(33)38)17-32-24-6-3-5-22-21(7-8-25(27(22)24)43(32,41)42)18-35-13-10-34(11-14-35,12-15-35)9-4-16-36/h3,5-8,19-20,26,28,36-37H,4,9-18H2,1-2H3/q+1/p+1/t19-,20+,26+,28+,34?,35?/m0/s1. The van der Waals surface area contributed by atoms with Gasteiger partial charge in [-0.1, -0.05) is 25.1 Å². The minimum Gasteiger partial charge on any atom is -0.477 e. The largest absolute Gasteiger partial charge is 0.477 e. The molecule has 6 aliphatic rings. The van der Waals surface area contributed by atoms with E-state index in [0.717, 1.165) is 78.7 Å². The molecule has 230 valence electrons. The first-order valence-electron chi connectivity index (χ1n) is 15.3. The van der Waals surface area contributed by atoms with Gasteiger partial charge < -0.3 is 29.2 Å². The van der Waals surface area contributed by atoms with Gasteiger partial charge in [0.05, 0.1) is 41.7 Å². The van der Waals surface area contributed by atoms with Crippen LogP contribution in [0.15, 0.2) is 46.5 Å². The number of β-lactam (4-membered cyclic amide) rings is 1. The summed E-state index contributed by atoms with van der Waals surface area (Å²) >= 11 is 0. The van der Waals surface area contributed by atoms with Crippen LogP contribution in [-0.2, 0) is 26.2 Å². The minimum absolute atomic E-state index is 0.169. The van der Waals surface area contributed by atoms with Crippen LogP contribution in [0.5, 0.6) is 0 Å². The number of fused-ring (bicyclic) bond motifs is 4. The van der Waals surface area contributed by atoms with Crippen LogP contribution < -0.4 is 4.31 Å². The number of hydrogen-bond donors (Lipinski definition) is 3. The van der Waals surface area contributed by atoms with Crippen molar-refractivity contribution < 1.29 is 42.3 Å². The Kier molecular flexibility index (Phi) is 6.50. The Bertz CT molecular complexity index is 1660. The summed E-state index contributed by atoms with van der Waals surface area (Å²) in [4.78, 5) is 26.7. The zero-order valence-corrected chi connectivity index (χ0v) is 25.5. The monoisotopic (exact) mass is 612 g/mol. The van der Waals surface area contributed by atoms with Gasteiger partial charge in [0.1, 0.15) is 51.5 Å². The van der Waals surface area contributed by atoms with Crippen LogP contribution in [0, 0.1) is 11.8 Å². The molecule has 3 N–H and O–H groups in total. The van der Waals surface area contributed by atoms with Crippen molar-refractivity contribution in [3.8, 4) is 0 Å². The molecule has 0 radical (unpaired) electrons. The number of carbonyl (C=O) groups excluding carboxylic acids is 1. The van der Waals surface area contributed by atoms with Gasteiger partial charge in [-0.25, -0.2) is 13.2 Å². The molecule has 43 heavy (non-hydrogen) atoms. The Morgan fingerprint density at radius 3 is 2.37 bits per heavy atom. The van der Waals surface area contributed by atoms with E-state index in [4.69, 9.17) is 0 Å². The maximum absolute atomic E-state index is 14.0. The lowest BCUT2D eigenvalue weighted by Crippen LogP contribution is -2.74. The zero-order chi connectivity index (χ0) is 30.5. The molecule has 2 bridgehead atoms. The molecule has 0 unspecified atom stereocenters. The number of sulfonamides is 1. The maximum atomic E-state index is 14.0. The summed E-state index contributed by atoms with van der Waals surface area (Å²) < 4.78 is 31.4. The lowest BCUT2D eigenvalue weighted by molar-refractivity contribution is -1.09. The fourth-order valence-electron chi connectivity index (χ4n) is 8.69. The first kappa shape index (κ1) is 28.7. The highest BCUT2D eigenvalue weighted by atomic mass is 32.2. The SMILES string of the molecule is C[C@@H](O)[C@H]1C(=O)N2C(C(=O)O)=C(CN3c4cccc5c(C[N+]67CC[N+](CCCO)(CC6)CC7)ccc(c45)S3(=O)=O)[C@H](C)[C@H]12. The molecule has 0 spiro atoms. The molecule has 4 atom stereocenters. The van der Waals surface area contributed by atoms with E-state index in [0.29, 0.717) is 16.6 Å². The lowest BCUT2D eigenvalue weighted by Gasteiger charge is -2.55. The number of hydrogen-bond acceptors (Lipinski definition) is 6. The smallest absolute Gasteiger partial charge is 0.352 e. The maximum Gasteiger partial charge on any atom is 0.352 e. The average molecular weight is 613 g/mol. The van der Waals surface area contributed by atoms with Crippen LogP contribution in [0.4, 0.5) is 5.69 Å². The molecule has 4 saturated heterocycles. The van der Waals surface area contributed by atoms with E-state index in [1.807, 2.05) is 25.1 Å². The van der Waals surface area contributed by atoms with Crippen molar-refractivity contribution in [1.82, 2.24) is 4.90 Å². The second-order valence-electron chi connectivity index (χ2n) is 13.4. The number of aliphatic hydroxyl groups excluding tert-OH is 2. The molecule has 1 amide bonds. The Morgan fingerprint density at radius 1 is 1.07 bits per heavy atom. The average Bonchev–Trinajstić information content (AvgIpc) is 3.35. The number of amides is 1.